The van der Waals surface area contributed by atoms with E-state index in [0.29, 0.717) is 43.1 Å². The quantitative estimate of drug-likeness (QED) is 0.205. The molecule has 0 spiro atoms. The number of hydrogen-bond acceptors (Lipinski definition) is 7. The first-order valence-electron chi connectivity index (χ1n) is 18.8. The lowest BCUT2D eigenvalue weighted by Crippen LogP contribution is -2.45. The summed E-state index contributed by atoms with van der Waals surface area (Å²) in [5.74, 6) is 0.0346. The number of carbonyl (C=O) groups is 1. The summed E-state index contributed by atoms with van der Waals surface area (Å²) in [6, 6.07) is 12.8. The highest BCUT2D eigenvalue weighted by Crippen LogP contribution is 2.42. The van der Waals surface area contributed by atoms with Crippen LogP contribution in [0.4, 0.5) is 10.2 Å². The number of fused-ring (bicyclic) bond motifs is 8. The third-order valence-electron chi connectivity index (χ3n) is 10.3. The summed E-state index contributed by atoms with van der Waals surface area (Å²) in [6.07, 6.45) is 5.02. The van der Waals surface area contributed by atoms with Gasteiger partial charge in [0.05, 0.1) is 23.0 Å². The maximum absolute atomic E-state index is 14.8. The molecule has 6 bridgehead atoms. The van der Waals surface area contributed by atoms with Crippen LogP contribution < -0.4 is 15.0 Å². The van der Waals surface area contributed by atoms with Crippen molar-refractivity contribution in [3.8, 4) is 28.1 Å². The zero-order chi connectivity index (χ0) is 37.4. The van der Waals surface area contributed by atoms with Crippen molar-refractivity contribution >= 4 is 17.4 Å². The Morgan fingerprint density at radius 1 is 1.13 bits per heavy atom. The Kier molecular flexibility index (Phi) is 11.0. The van der Waals surface area contributed by atoms with Crippen LogP contribution in [0.5, 0.6) is 5.75 Å². The second kappa shape index (κ2) is 15.2. The number of benzene rings is 2. The molecular formula is C42H55FN4O5. The zero-order valence-corrected chi connectivity index (χ0v) is 32.0. The Morgan fingerprint density at radius 2 is 1.87 bits per heavy atom. The van der Waals surface area contributed by atoms with Gasteiger partial charge in [0, 0.05) is 60.7 Å². The SMILES string of the molecule is Cc1c([C@H](OC(C)(C)C)C(=O)O)c2n3cc(nc3c1CNC(C)C)-c1cccc(c1)-c1cc(F)ccc1O[C@H](C)CCCCOC1(C)CCN2CC1. The highest BCUT2D eigenvalue weighted by atomic mass is 19.1. The third kappa shape index (κ3) is 8.29. The van der Waals surface area contributed by atoms with Crippen molar-refractivity contribution < 1.29 is 28.5 Å². The molecule has 0 unspecified atom stereocenters. The lowest BCUT2D eigenvalue weighted by atomic mass is 9.91. The predicted molar refractivity (Wildman–Crippen MR) is 204 cm³/mol. The Labute approximate surface area is 307 Å². The number of halogens is 1. The van der Waals surface area contributed by atoms with Crippen molar-refractivity contribution in [3.63, 3.8) is 0 Å². The van der Waals surface area contributed by atoms with E-state index in [9.17, 15) is 14.3 Å². The van der Waals surface area contributed by atoms with Gasteiger partial charge in [-0.1, -0.05) is 32.0 Å². The van der Waals surface area contributed by atoms with Gasteiger partial charge in [0.2, 0.25) is 0 Å². The first-order valence-corrected chi connectivity index (χ1v) is 18.8. The standard InChI is InChI=1S/C42H55FN4O5/c1-26(2)44-24-33-28(4)36(37(40(48)49)52-41(5,6)7)39-46-19-17-42(8,18-20-46)50-21-10-9-12-27(3)51-35-16-15-31(43)23-32(35)29-13-11-14-30(22-29)34-25-47(39)38(33)45-34/h11,13-16,22-23,25-27,37,44H,9-10,12,17-21,24H2,1-8H3,(H,48,49)/t27-,37+/m1/s1. The van der Waals surface area contributed by atoms with E-state index in [0.717, 1.165) is 71.5 Å². The van der Waals surface area contributed by atoms with E-state index >= 15 is 0 Å². The smallest absolute Gasteiger partial charge is 0.337 e. The van der Waals surface area contributed by atoms with Crippen molar-refractivity contribution in [1.29, 1.82) is 0 Å². The van der Waals surface area contributed by atoms with Gasteiger partial charge in [0.25, 0.3) is 0 Å². The molecule has 10 heteroatoms. The van der Waals surface area contributed by atoms with Crippen LogP contribution in [0, 0.1) is 12.7 Å². The molecule has 0 radical (unpaired) electrons. The van der Waals surface area contributed by atoms with Crippen LogP contribution in [0.15, 0.2) is 48.7 Å². The second-order valence-electron chi connectivity index (χ2n) is 16.1. The average molecular weight is 715 g/mol. The van der Waals surface area contributed by atoms with Crippen molar-refractivity contribution in [2.45, 2.75) is 123 Å². The van der Waals surface area contributed by atoms with Gasteiger partial charge >= 0.3 is 5.97 Å². The molecule has 3 aliphatic heterocycles. The van der Waals surface area contributed by atoms with Crippen molar-refractivity contribution in [2.75, 3.05) is 24.6 Å². The number of pyridine rings is 1. The van der Waals surface area contributed by atoms with E-state index in [2.05, 4.69) is 42.3 Å². The average Bonchev–Trinajstić information content (AvgIpc) is 3.52. The Bertz CT molecular complexity index is 1910. The molecule has 4 aromatic rings. The molecule has 3 aliphatic rings. The van der Waals surface area contributed by atoms with Crippen LogP contribution in [0.25, 0.3) is 28.0 Å². The number of piperidine rings is 1. The molecular weight excluding hydrogens is 659 g/mol. The topological polar surface area (TPSA) is 97.6 Å². The van der Waals surface area contributed by atoms with E-state index in [-0.39, 0.29) is 23.6 Å². The van der Waals surface area contributed by atoms with Crippen LogP contribution in [-0.4, -0.2) is 63.5 Å². The molecule has 2 atom stereocenters. The normalized spacial score (nSPS) is 20.6. The third-order valence-corrected chi connectivity index (χ3v) is 10.3. The van der Waals surface area contributed by atoms with E-state index in [4.69, 9.17) is 19.2 Å². The highest BCUT2D eigenvalue weighted by molar-refractivity contribution is 5.82. The van der Waals surface area contributed by atoms with Crippen molar-refractivity contribution in [3.05, 3.63) is 71.2 Å². The minimum absolute atomic E-state index is 0.0547. The zero-order valence-electron chi connectivity index (χ0n) is 32.0. The van der Waals surface area contributed by atoms with Crippen LogP contribution in [0.3, 0.4) is 0 Å². The minimum Gasteiger partial charge on any atom is -0.490 e. The van der Waals surface area contributed by atoms with Gasteiger partial charge in [-0.05, 0) is 109 Å². The first-order chi connectivity index (χ1) is 24.6. The molecule has 9 nitrogen and oxygen atoms in total. The number of rotatable bonds is 6. The van der Waals surface area contributed by atoms with Crippen molar-refractivity contribution in [2.24, 2.45) is 0 Å². The van der Waals surface area contributed by atoms with E-state index < -0.39 is 17.7 Å². The lowest BCUT2D eigenvalue weighted by molar-refractivity contribution is -0.160. The number of hydrogen-bond donors (Lipinski definition) is 2. The number of nitrogens with one attached hydrogen (secondary N) is 1. The van der Waals surface area contributed by atoms with E-state index in [1.54, 1.807) is 6.07 Å². The molecule has 2 aromatic carbocycles. The second-order valence-corrected chi connectivity index (χ2v) is 16.1. The fraction of sp³-hybridized carbons (Fsp3) is 0.524. The largest absolute Gasteiger partial charge is 0.490 e. The maximum atomic E-state index is 14.8. The fourth-order valence-corrected chi connectivity index (χ4v) is 7.40. The van der Waals surface area contributed by atoms with Crippen LogP contribution in [0.2, 0.25) is 0 Å². The molecule has 2 aromatic heterocycles. The molecule has 7 rings (SSSR count). The molecule has 2 N–H and O–H groups in total. The van der Waals surface area contributed by atoms with Gasteiger partial charge in [0.15, 0.2) is 6.10 Å². The number of ether oxygens (including phenoxy) is 3. The van der Waals surface area contributed by atoms with Gasteiger partial charge in [0.1, 0.15) is 23.0 Å². The number of nitrogens with zero attached hydrogens (tertiary/aromatic N) is 3. The van der Waals surface area contributed by atoms with Crippen LogP contribution >= 0.6 is 0 Å². The summed E-state index contributed by atoms with van der Waals surface area (Å²) in [5, 5.41) is 14.3. The minimum atomic E-state index is -1.21. The maximum Gasteiger partial charge on any atom is 0.337 e. The molecule has 52 heavy (non-hydrogen) atoms. The number of carboxylic acids is 1. The van der Waals surface area contributed by atoms with E-state index in [1.165, 1.54) is 12.1 Å². The Hall–Kier alpha value is -3.99. The first kappa shape index (κ1) is 37.8. The van der Waals surface area contributed by atoms with E-state index in [1.807, 2.05) is 58.2 Å². The number of anilines is 1. The Balaban J connectivity index is 1.61. The summed E-state index contributed by atoms with van der Waals surface area (Å²) in [7, 11) is 0. The van der Waals surface area contributed by atoms with Gasteiger partial charge in [-0.3, -0.25) is 4.40 Å². The Morgan fingerprint density at radius 3 is 2.56 bits per heavy atom. The highest BCUT2D eigenvalue weighted by Gasteiger charge is 2.38. The summed E-state index contributed by atoms with van der Waals surface area (Å²) in [5.41, 5.74) is 5.20. The molecule has 1 saturated heterocycles. The molecule has 1 fully saturated rings. The molecule has 0 amide bonds. The summed E-state index contributed by atoms with van der Waals surface area (Å²) in [4.78, 5) is 20.8. The fourth-order valence-electron chi connectivity index (χ4n) is 7.40. The summed E-state index contributed by atoms with van der Waals surface area (Å²) < 4.78 is 36.2. The monoisotopic (exact) mass is 714 g/mol. The number of imidazole rings is 1. The molecule has 5 heterocycles. The molecule has 280 valence electrons. The van der Waals surface area contributed by atoms with Gasteiger partial charge in [-0.25, -0.2) is 14.2 Å². The molecule has 0 aliphatic carbocycles. The van der Waals surface area contributed by atoms with Gasteiger partial charge < -0.3 is 29.5 Å². The number of carboxylic acid groups (broad SMARTS) is 1. The van der Waals surface area contributed by atoms with Crippen LogP contribution in [0.1, 0.15) is 103 Å². The number of aliphatic carboxylic acids is 1. The number of aromatic nitrogens is 2. The summed E-state index contributed by atoms with van der Waals surface area (Å²) in [6.45, 7) is 18.6. The predicted octanol–water partition coefficient (Wildman–Crippen LogP) is 8.88. The summed E-state index contributed by atoms with van der Waals surface area (Å²) >= 11 is 0. The van der Waals surface area contributed by atoms with Gasteiger partial charge in [-0.2, -0.15) is 0 Å². The van der Waals surface area contributed by atoms with Crippen molar-refractivity contribution in [1.82, 2.24) is 14.7 Å². The van der Waals surface area contributed by atoms with Gasteiger partial charge in [-0.15, -0.1) is 0 Å². The molecule has 0 saturated carbocycles. The van der Waals surface area contributed by atoms with Crippen LogP contribution in [-0.2, 0) is 20.8 Å². The lowest BCUT2D eigenvalue weighted by Gasteiger charge is -2.42.